The highest BCUT2D eigenvalue weighted by Crippen LogP contribution is 2.58. The van der Waals surface area contributed by atoms with Gasteiger partial charge < -0.3 is 20.1 Å². The second kappa shape index (κ2) is 5.50. The van der Waals surface area contributed by atoms with Crippen molar-refractivity contribution in [2.75, 3.05) is 11.9 Å². The summed E-state index contributed by atoms with van der Waals surface area (Å²) >= 11 is 6.16. The summed E-state index contributed by atoms with van der Waals surface area (Å²) < 4.78 is 26.8. The highest BCUT2D eigenvalue weighted by atomic mass is 35.5. The maximum Gasteiger partial charge on any atom is 0.255 e. The molecule has 2 saturated carbocycles. The Morgan fingerprint density at radius 1 is 1.38 bits per heavy atom. The Morgan fingerprint density at radius 3 is 2.75 bits per heavy atom. The van der Waals surface area contributed by atoms with Crippen LogP contribution in [0.5, 0.6) is 0 Å². The largest absolute Gasteiger partial charge is 0.390 e. The molecule has 130 valence electrons. The number of hydrogen-bond acceptors (Lipinski definition) is 5. The van der Waals surface area contributed by atoms with Crippen LogP contribution in [0.25, 0.3) is 11.2 Å². The van der Waals surface area contributed by atoms with Gasteiger partial charge in [-0.05, 0) is 25.2 Å². The second-order valence-corrected chi connectivity index (χ2v) is 6.89. The molecule has 0 aliphatic heterocycles. The minimum absolute atomic E-state index is 0.0970. The van der Waals surface area contributed by atoms with Crippen molar-refractivity contribution in [3.05, 3.63) is 17.0 Å². The molecule has 6 nitrogen and oxygen atoms in total. The molecule has 2 aliphatic rings. The van der Waals surface area contributed by atoms with Gasteiger partial charge in [0, 0.05) is 5.56 Å². The van der Waals surface area contributed by atoms with E-state index in [0.29, 0.717) is 22.4 Å². The molecule has 2 heterocycles. The number of anilines is 1. The fourth-order valence-electron chi connectivity index (χ4n) is 3.81. The molecule has 0 saturated heterocycles. The normalized spacial score (nSPS) is 31.7. The standard InChI is InChI=1S/C15H17ClF2N4O2/c1-5-9(19-3-8(17)18)10-15(21-14(5)16)22(4-20-10)11-6-2-7(6)12(23)13(11)24/h4,6-8,11-13,23-24H,2-3H2,1H3,(H,19,21)/t6-,7+,11+,12+,13-/m0/s1. The van der Waals surface area contributed by atoms with E-state index >= 15 is 0 Å². The predicted molar refractivity (Wildman–Crippen MR) is 84.4 cm³/mol. The minimum atomic E-state index is -2.51. The van der Waals surface area contributed by atoms with E-state index in [1.807, 2.05) is 0 Å². The molecule has 9 heteroatoms. The number of aliphatic hydroxyl groups is 2. The van der Waals surface area contributed by atoms with Gasteiger partial charge in [0.15, 0.2) is 5.65 Å². The first-order valence-corrected chi connectivity index (χ1v) is 8.18. The lowest BCUT2D eigenvalue weighted by atomic mass is 10.1. The fraction of sp³-hybridized carbons (Fsp3) is 0.600. The zero-order chi connectivity index (χ0) is 17.2. The van der Waals surface area contributed by atoms with Gasteiger partial charge in [0.1, 0.15) is 16.8 Å². The maximum atomic E-state index is 12.6. The van der Waals surface area contributed by atoms with Crippen molar-refractivity contribution in [3.8, 4) is 0 Å². The first kappa shape index (κ1) is 16.0. The van der Waals surface area contributed by atoms with Gasteiger partial charge in [-0.15, -0.1) is 0 Å². The number of alkyl halides is 2. The molecule has 2 fully saturated rings. The lowest BCUT2D eigenvalue weighted by molar-refractivity contribution is 0.00386. The number of halogens is 3. The smallest absolute Gasteiger partial charge is 0.255 e. The molecule has 2 aromatic heterocycles. The van der Waals surface area contributed by atoms with Crippen molar-refractivity contribution < 1.29 is 19.0 Å². The van der Waals surface area contributed by atoms with Gasteiger partial charge in [-0.2, -0.15) is 0 Å². The van der Waals surface area contributed by atoms with E-state index in [2.05, 4.69) is 15.3 Å². The zero-order valence-electron chi connectivity index (χ0n) is 12.8. The van der Waals surface area contributed by atoms with E-state index in [4.69, 9.17) is 11.6 Å². The minimum Gasteiger partial charge on any atom is -0.390 e. The van der Waals surface area contributed by atoms with Gasteiger partial charge in [0.05, 0.1) is 30.7 Å². The van der Waals surface area contributed by atoms with Crippen LogP contribution in [0.1, 0.15) is 18.0 Å². The van der Waals surface area contributed by atoms with Crippen LogP contribution in [-0.2, 0) is 0 Å². The lowest BCUT2D eigenvalue weighted by Crippen LogP contribution is -2.31. The molecule has 5 atom stereocenters. The molecule has 2 aromatic rings. The van der Waals surface area contributed by atoms with Crippen molar-refractivity contribution in [2.45, 2.75) is 38.0 Å². The molecule has 0 amide bonds. The monoisotopic (exact) mass is 358 g/mol. The Morgan fingerprint density at radius 2 is 2.12 bits per heavy atom. The summed E-state index contributed by atoms with van der Waals surface area (Å²) in [6.07, 6.45) is -1.78. The molecule has 0 radical (unpaired) electrons. The average Bonchev–Trinajstić information content (AvgIpc) is 3.15. The Bertz CT molecular complexity index is 799. The Hall–Kier alpha value is -1.51. The third-order valence-corrected chi connectivity index (χ3v) is 5.48. The second-order valence-electron chi connectivity index (χ2n) is 6.53. The van der Waals surface area contributed by atoms with Crippen LogP contribution in [-0.4, -0.2) is 49.9 Å². The van der Waals surface area contributed by atoms with Crippen molar-refractivity contribution >= 4 is 28.5 Å². The first-order chi connectivity index (χ1) is 11.4. The van der Waals surface area contributed by atoms with Gasteiger partial charge >= 0.3 is 0 Å². The highest BCUT2D eigenvalue weighted by molar-refractivity contribution is 6.31. The summed E-state index contributed by atoms with van der Waals surface area (Å²) in [5, 5.41) is 23.2. The molecule has 2 aliphatic carbocycles. The van der Waals surface area contributed by atoms with E-state index in [1.165, 1.54) is 6.33 Å². The Kier molecular flexibility index (Phi) is 3.67. The van der Waals surface area contributed by atoms with Crippen molar-refractivity contribution in [3.63, 3.8) is 0 Å². The summed E-state index contributed by atoms with van der Waals surface area (Å²) in [4.78, 5) is 8.62. The zero-order valence-corrected chi connectivity index (χ0v) is 13.6. The van der Waals surface area contributed by atoms with E-state index in [9.17, 15) is 19.0 Å². The van der Waals surface area contributed by atoms with Gasteiger partial charge in [-0.1, -0.05) is 11.6 Å². The van der Waals surface area contributed by atoms with Crippen molar-refractivity contribution in [1.82, 2.24) is 14.5 Å². The fourth-order valence-corrected chi connectivity index (χ4v) is 3.99. The molecular weight excluding hydrogens is 342 g/mol. The number of pyridine rings is 1. The third-order valence-electron chi connectivity index (χ3n) is 5.12. The van der Waals surface area contributed by atoms with Gasteiger partial charge in [-0.3, -0.25) is 0 Å². The summed E-state index contributed by atoms with van der Waals surface area (Å²) in [5.74, 6) is 0.270. The van der Waals surface area contributed by atoms with Crippen LogP contribution in [0.15, 0.2) is 6.33 Å². The van der Waals surface area contributed by atoms with E-state index in [1.54, 1.807) is 11.5 Å². The van der Waals surface area contributed by atoms with Crippen molar-refractivity contribution in [2.24, 2.45) is 11.8 Å². The molecule has 3 N–H and O–H groups in total. The van der Waals surface area contributed by atoms with E-state index in [-0.39, 0.29) is 23.0 Å². The number of nitrogens with zero attached hydrogens (tertiary/aromatic N) is 3. The number of aliphatic hydroxyl groups excluding tert-OH is 2. The van der Waals surface area contributed by atoms with Gasteiger partial charge in [-0.25, -0.2) is 18.7 Å². The quantitative estimate of drug-likeness (QED) is 0.728. The number of rotatable bonds is 4. The number of hydrogen-bond donors (Lipinski definition) is 3. The van der Waals surface area contributed by atoms with Crippen LogP contribution in [0, 0.1) is 18.8 Å². The Balaban J connectivity index is 1.79. The summed E-state index contributed by atoms with van der Waals surface area (Å²) in [7, 11) is 0. The maximum absolute atomic E-state index is 12.6. The molecule has 24 heavy (non-hydrogen) atoms. The lowest BCUT2D eigenvalue weighted by Gasteiger charge is -2.22. The van der Waals surface area contributed by atoms with Crippen LogP contribution in [0.3, 0.4) is 0 Å². The van der Waals surface area contributed by atoms with E-state index < -0.39 is 25.2 Å². The average molecular weight is 359 g/mol. The van der Waals surface area contributed by atoms with Crippen molar-refractivity contribution in [1.29, 1.82) is 0 Å². The van der Waals surface area contributed by atoms with Crippen LogP contribution < -0.4 is 5.32 Å². The van der Waals surface area contributed by atoms with Gasteiger partial charge in [0.25, 0.3) is 6.43 Å². The summed E-state index contributed by atoms with van der Waals surface area (Å²) in [5.41, 5.74) is 1.82. The number of aromatic nitrogens is 3. The van der Waals surface area contributed by atoms with E-state index in [0.717, 1.165) is 6.42 Å². The van der Waals surface area contributed by atoms with Crippen LogP contribution in [0.4, 0.5) is 14.5 Å². The number of nitrogens with one attached hydrogen (secondary N) is 1. The molecule has 0 bridgehead atoms. The molecule has 0 aromatic carbocycles. The van der Waals surface area contributed by atoms with Crippen LogP contribution >= 0.6 is 11.6 Å². The predicted octanol–water partition coefficient (Wildman–Crippen LogP) is 1.98. The molecule has 4 rings (SSSR count). The topological polar surface area (TPSA) is 83.2 Å². The summed E-state index contributed by atoms with van der Waals surface area (Å²) in [6, 6.07) is -0.329. The third kappa shape index (κ3) is 2.28. The van der Waals surface area contributed by atoms with Crippen LogP contribution in [0.2, 0.25) is 5.15 Å². The number of fused-ring (bicyclic) bond motifs is 2. The molecular formula is C15H17ClF2N4O2. The molecule has 0 spiro atoms. The first-order valence-electron chi connectivity index (χ1n) is 7.81. The highest BCUT2D eigenvalue weighted by Gasteiger charge is 2.60. The number of imidazole rings is 1. The molecule has 0 unspecified atom stereocenters. The SMILES string of the molecule is Cc1c(Cl)nc2c(ncn2[C@H]2[C@H](O)[C@H](O)[C@@H]3C[C@@H]32)c1NCC(F)F. The van der Waals surface area contributed by atoms with Gasteiger partial charge in [0.2, 0.25) is 0 Å². The summed E-state index contributed by atoms with van der Waals surface area (Å²) in [6.45, 7) is 1.17. The Labute approximate surface area is 141 Å².